The highest BCUT2D eigenvalue weighted by Gasteiger charge is 2.27. The van der Waals surface area contributed by atoms with Crippen LogP contribution in [0.1, 0.15) is 38.3 Å². The lowest BCUT2D eigenvalue weighted by Gasteiger charge is -2.21. The van der Waals surface area contributed by atoms with E-state index in [0.717, 1.165) is 30.1 Å². The maximum absolute atomic E-state index is 11.6. The summed E-state index contributed by atoms with van der Waals surface area (Å²) in [6.45, 7) is 4.99. The van der Waals surface area contributed by atoms with Crippen LogP contribution >= 0.6 is 0 Å². The Balaban J connectivity index is 1.82. The first-order valence-corrected chi connectivity index (χ1v) is 7.40. The van der Waals surface area contributed by atoms with Gasteiger partial charge in [-0.3, -0.25) is 4.79 Å². The average molecular weight is 287 g/mol. The first-order chi connectivity index (χ1) is 10.1. The molecule has 1 amide bonds. The summed E-state index contributed by atoms with van der Waals surface area (Å²) in [4.78, 5) is 18.0. The van der Waals surface area contributed by atoms with Crippen molar-refractivity contribution in [3.05, 3.63) is 24.0 Å². The van der Waals surface area contributed by atoms with Gasteiger partial charge >= 0.3 is 0 Å². The van der Waals surface area contributed by atoms with E-state index in [1.807, 2.05) is 28.6 Å². The van der Waals surface area contributed by atoms with Gasteiger partial charge in [-0.25, -0.2) is 4.98 Å². The second kappa shape index (κ2) is 5.35. The molecular formula is C15H21N5O. The molecule has 6 heteroatoms. The van der Waals surface area contributed by atoms with E-state index in [4.69, 9.17) is 0 Å². The van der Waals surface area contributed by atoms with Gasteiger partial charge < -0.3 is 10.2 Å². The SMILES string of the molecule is CC(C)c1cc(NC[C@@H]2CCC(=O)N2C)n2nccc2n1. The quantitative estimate of drug-likeness (QED) is 0.932. The largest absolute Gasteiger partial charge is 0.368 e. The molecule has 0 spiro atoms. The molecule has 112 valence electrons. The molecule has 0 unspecified atom stereocenters. The summed E-state index contributed by atoms with van der Waals surface area (Å²) in [6, 6.07) is 4.20. The number of carbonyl (C=O) groups excluding carboxylic acids is 1. The van der Waals surface area contributed by atoms with Crippen LogP contribution in [-0.4, -0.2) is 45.0 Å². The van der Waals surface area contributed by atoms with Crippen LogP contribution in [0.2, 0.25) is 0 Å². The minimum atomic E-state index is 0.226. The predicted octanol–water partition coefficient (Wildman–Crippen LogP) is 1.89. The van der Waals surface area contributed by atoms with Crippen LogP contribution in [0.3, 0.4) is 0 Å². The number of aromatic nitrogens is 3. The summed E-state index contributed by atoms with van der Waals surface area (Å²) in [5, 5.41) is 7.74. The first kappa shape index (κ1) is 13.9. The van der Waals surface area contributed by atoms with Crippen molar-refractivity contribution >= 4 is 17.4 Å². The van der Waals surface area contributed by atoms with E-state index in [1.165, 1.54) is 0 Å². The Morgan fingerprint density at radius 1 is 1.48 bits per heavy atom. The monoisotopic (exact) mass is 287 g/mol. The average Bonchev–Trinajstić information content (AvgIpc) is 3.05. The summed E-state index contributed by atoms with van der Waals surface area (Å²) >= 11 is 0. The number of nitrogens with zero attached hydrogens (tertiary/aromatic N) is 4. The molecule has 0 radical (unpaired) electrons. The normalized spacial score (nSPS) is 19.0. The molecule has 3 rings (SSSR count). The number of rotatable bonds is 4. The molecule has 3 heterocycles. The van der Waals surface area contributed by atoms with Crippen molar-refractivity contribution in [1.82, 2.24) is 19.5 Å². The molecule has 1 atom stereocenters. The van der Waals surface area contributed by atoms with E-state index >= 15 is 0 Å². The summed E-state index contributed by atoms with van der Waals surface area (Å²) in [5.41, 5.74) is 1.89. The smallest absolute Gasteiger partial charge is 0.222 e. The molecule has 1 N–H and O–H groups in total. The number of carbonyl (C=O) groups is 1. The van der Waals surface area contributed by atoms with Crippen LogP contribution < -0.4 is 5.32 Å². The van der Waals surface area contributed by atoms with Crippen LogP contribution in [0.5, 0.6) is 0 Å². The molecule has 1 aliphatic heterocycles. The fraction of sp³-hybridized carbons (Fsp3) is 0.533. The number of fused-ring (bicyclic) bond motifs is 1. The molecule has 2 aromatic rings. The van der Waals surface area contributed by atoms with Gasteiger partial charge in [0.15, 0.2) is 5.65 Å². The number of likely N-dealkylation sites (tertiary alicyclic amines) is 1. The number of anilines is 1. The molecule has 21 heavy (non-hydrogen) atoms. The van der Waals surface area contributed by atoms with Crippen molar-refractivity contribution in [1.29, 1.82) is 0 Å². The predicted molar refractivity (Wildman–Crippen MR) is 81.4 cm³/mol. The molecule has 1 fully saturated rings. The Labute approximate surface area is 124 Å². The van der Waals surface area contributed by atoms with Gasteiger partial charge in [-0.05, 0) is 12.3 Å². The third kappa shape index (κ3) is 2.57. The Kier molecular flexibility index (Phi) is 3.53. The standard InChI is InChI=1S/C15H21N5O/c1-10(2)12-8-14(20-13(18-12)6-7-17-20)16-9-11-4-5-15(21)19(11)3/h6-8,10-11,16H,4-5,9H2,1-3H3/t11-/m0/s1. The maximum Gasteiger partial charge on any atom is 0.222 e. The first-order valence-electron chi connectivity index (χ1n) is 7.40. The number of nitrogens with one attached hydrogen (secondary N) is 1. The van der Waals surface area contributed by atoms with Crippen LogP contribution in [0, 0.1) is 0 Å². The van der Waals surface area contributed by atoms with E-state index in [0.29, 0.717) is 12.3 Å². The van der Waals surface area contributed by atoms with Crippen LogP contribution in [0.4, 0.5) is 5.82 Å². The second-order valence-corrected chi connectivity index (χ2v) is 5.90. The molecule has 6 nitrogen and oxygen atoms in total. The molecule has 0 aromatic carbocycles. The molecule has 1 saturated heterocycles. The van der Waals surface area contributed by atoms with Gasteiger partial charge in [0.05, 0.1) is 6.20 Å². The highest BCUT2D eigenvalue weighted by molar-refractivity contribution is 5.78. The van der Waals surface area contributed by atoms with E-state index in [1.54, 1.807) is 6.20 Å². The number of likely N-dealkylation sites (N-methyl/N-ethyl adjacent to an activating group) is 1. The van der Waals surface area contributed by atoms with Gasteiger partial charge in [0.25, 0.3) is 0 Å². The fourth-order valence-electron chi connectivity index (χ4n) is 2.68. The summed E-state index contributed by atoms with van der Waals surface area (Å²) in [5.74, 6) is 1.52. The van der Waals surface area contributed by atoms with Crippen LogP contribution in [-0.2, 0) is 4.79 Å². The van der Waals surface area contributed by atoms with Crippen molar-refractivity contribution in [2.24, 2.45) is 0 Å². The molecule has 1 aliphatic rings. The molecular weight excluding hydrogens is 266 g/mol. The lowest BCUT2D eigenvalue weighted by Crippen LogP contribution is -2.34. The van der Waals surface area contributed by atoms with Crippen molar-refractivity contribution in [2.45, 2.75) is 38.6 Å². The number of hydrogen-bond acceptors (Lipinski definition) is 4. The van der Waals surface area contributed by atoms with Gasteiger partial charge in [0.1, 0.15) is 5.82 Å². The van der Waals surface area contributed by atoms with Crippen LogP contribution in [0.25, 0.3) is 5.65 Å². The van der Waals surface area contributed by atoms with Crippen molar-refractivity contribution in [3.8, 4) is 0 Å². The Morgan fingerprint density at radius 2 is 2.29 bits per heavy atom. The molecule has 0 bridgehead atoms. The molecule has 0 aliphatic carbocycles. The third-order valence-corrected chi connectivity index (χ3v) is 4.12. The van der Waals surface area contributed by atoms with Gasteiger partial charge in [-0.15, -0.1) is 0 Å². The minimum absolute atomic E-state index is 0.226. The van der Waals surface area contributed by atoms with Gasteiger partial charge in [-0.1, -0.05) is 13.8 Å². The van der Waals surface area contributed by atoms with Crippen molar-refractivity contribution in [3.63, 3.8) is 0 Å². The second-order valence-electron chi connectivity index (χ2n) is 5.90. The van der Waals surface area contributed by atoms with Crippen molar-refractivity contribution < 1.29 is 4.79 Å². The summed E-state index contributed by atoms with van der Waals surface area (Å²) in [7, 11) is 1.87. The Morgan fingerprint density at radius 3 is 2.95 bits per heavy atom. The topological polar surface area (TPSA) is 62.5 Å². The highest BCUT2D eigenvalue weighted by Crippen LogP contribution is 2.20. The summed E-state index contributed by atoms with van der Waals surface area (Å²) < 4.78 is 1.81. The van der Waals surface area contributed by atoms with Crippen LogP contribution in [0.15, 0.2) is 18.3 Å². The zero-order valence-electron chi connectivity index (χ0n) is 12.7. The maximum atomic E-state index is 11.6. The molecule has 2 aromatic heterocycles. The minimum Gasteiger partial charge on any atom is -0.368 e. The van der Waals surface area contributed by atoms with Gasteiger partial charge in [0.2, 0.25) is 5.91 Å². The Bertz CT molecular complexity index is 663. The van der Waals surface area contributed by atoms with E-state index in [2.05, 4.69) is 29.2 Å². The van der Waals surface area contributed by atoms with E-state index < -0.39 is 0 Å². The van der Waals surface area contributed by atoms with E-state index in [9.17, 15) is 4.79 Å². The van der Waals surface area contributed by atoms with Gasteiger partial charge in [0, 0.05) is 43.9 Å². The number of amides is 1. The zero-order chi connectivity index (χ0) is 15.0. The number of hydrogen-bond donors (Lipinski definition) is 1. The molecule has 0 saturated carbocycles. The fourth-order valence-corrected chi connectivity index (χ4v) is 2.68. The third-order valence-electron chi connectivity index (χ3n) is 4.12. The Hall–Kier alpha value is -2.11. The lowest BCUT2D eigenvalue weighted by atomic mass is 10.1. The zero-order valence-corrected chi connectivity index (χ0v) is 12.7. The lowest BCUT2D eigenvalue weighted by molar-refractivity contribution is -0.127. The van der Waals surface area contributed by atoms with Crippen molar-refractivity contribution in [2.75, 3.05) is 18.9 Å². The summed E-state index contributed by atoms with van der Waals surface area (Å²) in [6.07, 6.45) is 3.31. The van der Waals surface area contributed by atoms with Gasteiger partial charge in [-0.2, -0.15) is 9.61 Å². The van der Waals surface area contributed by atoms with E-state index in [-0.39, 0.29) is 11.9 Å². The highest BCUT2D eigenvalue weighted by atomic mass is 16.2.